The van der Waals surface area contributed by atoms with Gasteiger partial charge in [0.2, 0.25) is 11.8 Å². The number of nitrogens with one attached hydrogen (secondary N) is 1. The Morgan fingerprint density at radius 1 is 1.19 bits per heavy atom. The van der Waals surface area contributed by atoms with Crippen molar-refractivity contribution in [3.63, 3.8) is 0 Å². The topological polar surface area (TPSA) is 92.5 Å². The van der Waals surface area contributed by atoms with Gasteiger partial charge in [-0.2, -0.15) is 0 Å². The van der Waals surface area contributed by atoms with E-state index in [-0.39, 0.29) is 30.5 Å². The molecule has 1 aliphatic rings. The van der Waals surface area contributed by atoms with Crippen molar-refractivity contribution in [3.05, 3.63) is 62.6 Å². The van der Waals surface area contributed by atoms with Crippen LogP contribution in [0.3, 0.4) is 0 Å². The third-order valence-corrected chi connectivity index (χ3v) is 4.60. The Kier molecular flexibility index (Phi) is 5.11. The van der Waals surface area contributed by atoms with Crippen molar-refractivity contribution in [3.8, 4) is 0 Å². The van der Waals surface area contributed by atoms with E-state index in [4.69, 9.17) is 23.2 Å². The minimum atomic E-state index is -0.562. The van der Waals surface area contributed by atoms with E-state index in [9.17, 15) is 19.7 Å². The first-order valence-electron chi connectivity index (χ1n) is 7.66. The van der Waals surface area contributed by atoms with E-state index in [1.807, 2.05) is 0 Å². The summed E-state index contributed by atoms with van der Waals surface area (Å²) in [6, 6.07) is 10.3. The second-order valence-electron chi connectivity index (χ2n) is 5.79. The summed E-state index contributed by atoms with van der Waals surface area (Å²) in [7, 11) is 0. The summed E-state index contributed by atoms with van der Waals surface area (Å²) in [4.78, 5) is 36.3. The quantitative estimate of drug-likeness (QED) is 0.629. The number of nitro groups is 1. The summed E-state index contributed by atoms with van der Waals surface area (Å²) in [6.07, 6.45) is 0.0433. The van der Waals surface area contributed by atoms with Gasteiger partial charge in [0.05, 0.1) is 21.6 Å². The minimum absolute atomic E-state index is 0.0433. The van der Waals surface area contributed by atoms with E-state index in [0.29, 0.717) is 21.4 Å². The van der Waals surface area contributed by atoms with Crippen LogP contribution >= 0.6 is 23.2 Å². The van der Waals surface area contributed by atoms with Gasteiger partial charge >= 0.3 is 0 Å². The zero-order chi connectivity index (χ0) is 18.8. The molecule has 0 aliphatic carbocycles. The van der Waals surface area contributed by atoms with Crippen molar-refractivity contribution in [2.45, 2.75) is 6.42 Å². The maximum atomic E-state index is 12.4. The molecule has 3 rings (SSSR count). The van der Waals surface area contributed by atoms with Crippen molar-refractivity contribution in [1.82, 2.24) is 0 Å². The molecule has 1 aliphatic heterocycles. The van der Waals surface area contributed by atoms with Crippen LogP contribution in [0.1, 0.15) is 6.42 Å². The summed E-state index contributed by atoms with van der Waals surface area (Å²) >= 11 is 12.1. The predicted molar refractivity (Wildman–Crippen MR) is 98.6 cm³/mol. The molecule has 1 saturated heterocycles. The lowest BCUT2D eigenvalue weighted by Crippen LogP contribution is -2.28. The zero-order valence-electron chi connectivity index (χ0n) is 13.3. The molecule has 0 radical (unpaired) electrons. The Balaban J connectivity index is 1.70. The number of non-ortho nitro benzene ring substituents is 1. The number of anilines is 2. The summed E-state index contributed by atoms with van der Waals surface area (Å²) in [5.41, 5.74) is 0.822. The van der Waals surface area contributed by atoms with Crippen molar-refractivity contribution < 1.29 is 14.5 Å². The highest BCUT2D eigenvalue weighted by Gasteiger charge is 2.36. The molecule has 1 heterocycles. The van der Waals surface area contributed by atoms with Gasteiger partial charge in [-0.15, -0.1) is 0 Å². The van der Waals surface area contributed by atoms with Gasteiger partial charge in [-0.1, -0.05) is 23.2 Å². The maximum absolute atomic E-state index is 12.4. The average Bonchev–Trinajstić information content (AvgIpc) is 2.99. The largest absolute Gasteiger partial charge is 0.326 e. The van der Waals surface area contributed by atoms with E-state index >= 15 is 0 Å². The Bertz CT molecular complexity index is 886. The summed E-state index contributed by atoms with van der Waals surface area (Å²) in [6.45, 7) is 0.178. The molecule has 1 N–H and O–H groups in total. The highest BCUT2D eigenvalue weighted by molar-refractivity contribution is 6.36. The normalized spacial score (nSPS) is 16.6. The number of benzene rings is 2. The molecule has 2 aromatic rings. The summed E-state index contributed by atoms with van der Waals surface area (Å²) in [5.74, 6) is -1.13. The number of hydrogen-bond acceptors (Lipinski definition) is 4. The number of nitro benzene ring substituents is 1. The smallest absolute Gasteiger partial charge is 0.269 e. The van der Waals surface area contributed by atoms with Gasteiger partial charge in [0, 0.05) is 35.8 Å². The number of hydrogen-bond donors (Lipinski definition) is 1. The monoisotopic (exact) mass is 393 g/mol. The van der Waals surface area contributed by atoms with Crippen molar-refractivity contribution in [2.24, 2.45) is 5.92 Å². The Hall–Kier alpha value is -2.64. The lowest BCUT2D eigenvalue weighted by atomic mass is 10.1. The second kappa shape index (κ2) is 7.31. The molecule has 0 spiro atoms. The first-order valence-corrected chi connectivity index (χ1v) is 8.41. The molecule has 0 bridgehead atoms. The van der Waals surface area contributed by atoms with Crippen LogP contribution in [0.2, 0.25) is 10.0 Å². The second-order valence-corrected chi connectivity index (χ2v) is 6.64. The summed E-state index contributed by atoms with van der Waals surface area (Å²) < 4.78 is 0. The molecule has 1 atom stereocenters. The fraction of sp³-hybridized carbons (Fsp3) is 0.176. The molecule has 134 valence electrons. The van der Waals surface area contributed by atoms with Gasteiger partial charge in [-0.3, -0.25) is 19.7 Å². The number of halogens is 2. The van der Waals surface area contributed by atoms with Gasteiger partial charge in [0.1, 0.15) is 0 Å². The van der Waals surface area contributed by atoms with Crippen LogP contribution in [-0.4, -0.2) is 23.3 Å². The van der Waals surface area contributed by atoms with E-state index in [1.54, 1.807) is 18.2 Å². The van der Waals surface area contributed by atoms with Crippen molar-refractivity contribution in [1.29, 1.82) is 0 Å². The van der Waals surface area contributed by atoms with Crippen LogP contribution < -0.4 is 10.2 Å². The van der Waals surface area contributed by atoms with E-state index in [0.717, 1.165) is 0 Å². The Morgan fingerprint density at radius 3 is 2.54 bits per heavy atom. The molecule has 7 nitrogen and oxygen atoms in total. The standard InChI is InChI=1S/C17H13Cl2N3O4/c18-11-1-6-14(19)15(8-11)21-9-10(7-16(21)23)17(24)20-12-2-4-13(5-3-12)22(25)26/h1-6,8,10H,7,9H2,(H,20,24)/t10-/m0/s1. The molecule has 26 heavy (non-hydrogen) atoms. The molecular formula is C17H13Cl2N3O4. The number of carbonyl (C=O) groups excluding carboxylic acids is 2. The highest BCUT2D eigenvalue weighted by Crippen LogP contribution is 2.33. The van der Waals surface area contributed by atoms with Crippen LogP contribution in [0.4, 0.5) is 17.1 Å². The molecular weight excluding hydrogens is 381 g/mol. The van der Waals surface area contributed by atoms with Gasteiger partial charge in [0.25, 0.3) is 5.69 Å². The lowest BCUT2D eigenvalue weighted by molar-refractivity contribution is -0.384. The zero-order valence-corrected chi connectivity index (χ0v) is 14.8. The van der Waals surface area contributed by atoms with Crippen LogP contribution in [-0.2, 0) is 9.59 Å². The van der Waals surface area contributed by atoms with Crippen molar-refractivity contribution >= 4 is 52.1 Å². The van der Waals surface area contributed by atoms with Crippen molar-refractivity contribution in [2.75, 3.05) is 16.8 Å². The van der Waals surface area contributed by atoms with Crippen LogP contribution in [0.5, 0.6) is 0 Å². The third kappa shape index (κ3) is 3.79. The molecule has 1 fully saturated rings. The Morgan fingerprint density at radius 2 is 1.88 bits per heavy atom. The average molecular weight is 394 g/mol. The molecule has 0 aromatic heterocycles. The molecule has 9 heteroatoms. The van der Waals surface area contributed by atoms with Crippen LogP contribution in [0, 0.1) is 16.0 Å². The molecule has 0 unspecified atom stereocenters. The number of amides is 2. The number of nitrogens with zero attached hydrogens (tertiary/aromatic N) is 2. The summed E-state index contributed by atoms with van der Waals surface area (Å²) in [5, 5.41) is 14.1. The minimum Gasteiger partial charge on any atom is -0.326 e. The Labute approximate surface area is 158 Å². The molecule has 0 saturated carbocycles. The van der Waals surface area contributed by atoms with E-state index in [2.05, 4.69) is 5.32 Å². The predicted octanol–water partition coefficient (Wildman–Crippen LogP) is 3.89. The first-order chi connectivity index (χ1) is 12.3. The number of rotatable bonds is 4. The van der Waals surface area contributed by atoms with Gasteiger partial charge in [-0.05, 0) is 30.3 Å². The van der Waals surface area contributed by atoms with E-state index < -0.39 is 10.8 Å². The molecule has 2 aromatic carbocycles. The van der Waals surface area contributed by atoms with Gasteiger partial charge in [0.15, 0.2) is 0 Å². The fourth-order valence-electron chi connectivity index (χ4n) is 2.72. The van der Waals surface area contributed by atoms with E-state index in [1.165, 1.54) is 29.2 Å². The van der Waals surface area contributed by atoms with Gasteiger partial charge in [-0.25, -0.2) is 0 Å². The third-order valence-electron chi connectivity index (χ3n) is 4.04. The lowest BCUT2D eigenvalue weighted by Gasteiger charge is -2.18. The fourth-order valence-corrected chi connectivity index (χ4v) is 3.11. The van der Waals surface area contributed by atoms with Crippen LogP contribution in [0.15, 0.2) is 42.5 Å². The van der Waals surface area contributed by atoms with Crippen LogP contribution in [0.25, 0.3) is 0 Å². The molecule has 2 amide bonds. The SMILES string of the molecule is O=C(Nc1ccc([N+](=O)[O-])cc1)[C@H]1CC(=O)N(c2cc(Cl)ccc2Cl)C1. The highest BCUT2D eigenvalue weighted by atomic mass is 35.5. The van der Waals surface area contributed by atoms with Gasteiger partial charge < -0.3 is 10.2 Å². The number of carbonyl (C=O) groups is 2. The first kappa shape index (κ1) is 18.2. The maximum Gasteiger partial charge on any atom is 0.269 e.